The van der Waals surface area contributed by atoms with Crippen LogP contribution in [0, 0.1) is 0 Å². The molecular formula is C19H12Cl4O5S. The van der Waals surface area contributed by atoms with Crippen LogP contribution >= 0.6 is 46.4 Å². The zero-order valence-corrected chi connectivity index (χ0v) is 18.1. The smallest absolute Gasteiger partial charge is 0.283 e. The largest absolute Gasteiger partial charge is 0.504 e. The number of aromatic hydroxyl groups is 2. The van der Waals surface area contributed by atoms with Crippen LogP contribution in [-0.4, -0.2) is 23.2 Å². The molecule has 1 unspecified atom stereocenters. The van der Waals surface area contributed by atoms with E-state index in [1.54, 1.807) is 6.07 Å². The topological polar surface area (TPSA) is 94.8 Å². The molecule has 0 saturated carbocycles. The Bertz CT molecular complexity index is 1190. The van der Waals surface area contributed by atoms with Crippen molar-refractivity contribution in [1.82, 2.24) is 0 Å². The molecule has 3 aromatic rings. The van der Waals surface area contributed by atoms with Crippen molar-refractivity contribution in [2.24, 2.45) is 0 Å². The fraction of sp³-hybridized carbons (Fsp3) is 0.0526. The van der Waals surface area contributed by atoms with Gasteiger partial charge in [-0.15, -0.1) is 0 Å². The lowest BCUT2D eigenvalue weighted by Gasteiger charge is -2.34. The minimum Gasteiger partial charge on any atom is -0.504 e. The van der Waals surface area contributed by atoms with E-state index in [0.29, 0.717) is 0 Å². The number of hydrogen-bond donors (Lipinski definition) is 3. The Hall–Kier alpha value is -1.67. The quantitative estimate of drug-likeness (QED) is 0.239. The van der Waals surface area contributed by atoms with Gasteiger partial charge in [0.2, 0.25) is 0 Å². The number of halogens is 4. The third-order valence-electron chi connectivity index (χ3n) is 4.38. The molecule has 0 amide bonds. The zero-order valence-electron chi connectivity index (χ0n) is 14.3. The molecule has 0 aromatic heterocycles. The van der Waals surface area contributed by atoms with Crippen molar-refractivity contribution < 1.29 is 23.2 Å². The van der Waals surface area contributed by atoms with Crippen LogP contribution in [-0.2, 0) is 14.9 Å². The maximum atomic E-state index is 13.0. The van der Waals surface area contributed by atoms with Crippen molar-refractivity contribution in [3.8, 4) is 11.5 Å². The average molecular weight is 494 g/mol. The molecule has 5 nitrogen and oxygen atoms in total. The van der Waals surface area contributed by atoms with Gasteiger partial charge in [-0.1, -0.05) is 70.7 Å². The number of hydrogen-bond acceptors (Lipinski definition) is 4. The Morgan fingerprint density at radius 1 is 0.759 bits per heavy atom. The molecule has 0 aliphatic rings. The second-order valence-corrected chi connectivity index (χ2v) is 9.30. The van der Waals surface area contributed by atoms with Crippen molar-refractivity contribution in [3.05, 3.63) is 91.4 Å². The van der Waals surface area contributed by atoms with Crippen LogP contribution in [0.2, 0.25) is 20.1 Å². The fourth-order valence-corrected chi connectivity index (χ4v) is 6.12. The lowest BCUT2D eigenvalue weighted by molar-refractivity contribution is 0.402. The van der Waals surface area contributed by atoms with Crippen LogP contribution in [0.3, 0.4) is 0 Å². The van der Waals surface area contributed by atoms with E-state index in [1.807, 2.05) is 0 Å². The van der Waals surface area contributed by atoms with Crippen LogP contribution < -0.4 is 0 Å². The van der Waals surface area contributed by atoms with Crippen LogP contribution in [0.15, 0.2) is 54.6 Å². The Balaban J connectivity index is 2.63. The van der Waals surface area contributed by atoms with E-state index in [4.69, 9.17) is 46.4 Å². The van der Waals surface area contributed by atoms with Crippen molar-refractivity contribution in [3.63, 3.8) is 0 Å². The van der Waals surface area contributed by atoms with Gasteiger partial charge in [0.15, 0.2) is 16.2 Å². The third kappa shape index (κ3) is 3.65. The maximum absolute atomic E-state index is 13.0. The molecule has 29 heavy (non-hydrogen) atoms. The van der Waals surface area contributed by atoms with E-state index in [2.05, 4.69) is 0 Å². The highest BCUT2D eigenvalue weighted by Crippen LogP contribution is 2.52. The Labute approximate surface area is 186 Å². The molecule has 0 aliphatic carbocycles. The molecule has 0 bridgehead atoms. The molecule has 0 aliphatic heterocycles. The molecule has 0 fully saturated rings. The van der Waals surface area contributed by atoms with Crippen LogP contribution in [0.4, 0.5) is 0 Å². The molecular weight excluding hydrogens is 482 g/mol. The van der Waals surface area contributed by atoms with Gasteiger partial charge >= 0.3 is 0 Å². The van der Waals surface area contributed by atoms with E-state index in [0.717, 1.165) is 12.1 Å². The Morgan fingerprint density at radius 2 is 1.34 bits per heavy atom. The van der Waals surface area contributed by atoms with E-state index >= 15 is 0 Å². The van der Waals surface area contributed by atoms with Crippen molar-refractivity contribution in [2.75, 3.05) is 0 Å². The summed E-state index contributed by atoms with van der Waals surface area (Å²) < 4.78 is 34.1. The van der Waals surface area contributed by atoms with Crippen molar-refractivity contribution in [2.45, 2.75) is 4.75 Å². The molecule has 0 spiro atoms. The first-order chi connectivity index (χ1) is 13.5. The molecule has 3 rings (SSSR count). The summed E-state index contributed by atoms with van der Waals surface area (Å²) in [5.41, 5.74) is -0.444. The molecule has 10 heteroatoms. The predicted octanol–water partition coefficient (Wildman–Crippen LogP) is 5.89. The minimum absolute atomic E-state index is 0.0141. The maximum Gasteiger partial charge on any atom is 0.283 e. The summed E-state index contributed by atoms with van der Waals surface area (Å²) in [6, 6.07) is 11.7. The second kappa shape index (κ2) is 7.87. The number of phenols is 2. The fourth-order valence-electron chi connectivity index (χ4n) is 3.22. The zero-order chi connectivity index (χ0) is 21.6. The first-order valence-corrected chi connectivity index (χ1v) is 10.8. The van der Waals surface area contributed by atoms with Gasteiger partial charge in [0.1, 0.15) is 0 Å². The number of phenolic OH excluding ortho intramolecular Hbond substituents is 2. The van der Waals surface area contributed by atoms with Gasteiger partial charge in [-0.3, -0.25) is 4.55 Å². The van der Waals surface area contributed by atoms with Gasteiger partial charge in [0.05, 0.1) is 0 Å². The third-order valence-corrected chi connectivity index (χ3v) is 6.96. The van der Waals surface area contributed by atoms with E-state index in [9.17, 15) is 23.2 Å². The normalized spacial score (nSPS) is 13.8. The highest BCUT2D eigenvalue weighted by Gasteiger charge is 2.52. The lowest BCUT2D eigenvalue weighted by Crippen LogP contribution is -2.39. The van der Waals surface area contributed by atoms with E-state index in [-0.39, 0.29) is 36.8 Å². The minimum atomic E-state index is -5.08. The summed E-state index contributed by atoms with van der Waals surface area (Å²) in [6.07, 6.45) is 0. The van der Waals surface area contributed by atoms with Gasteiger partial charge in [0, 0.05) is 31.2 Å². The first kappa shape index (κ1) is 22.0. The highest BCUT2D eigenvalue weighted by atomic mass is 35.5. The summed E-state index contributed by atoms with van der Waals surface area (Å²) in [6.45, 7) is 0. The highest BCUT2D eigenvalue weighted by molar-refractivity contribution is 7.87. The summed E-state index contributed by atoms with van der Waals surface area (Å²) in [7, 11) is -5.08. The van der Waals surface area contributed by atoms with Gasteiger partial charge in [-0.2, -0.15) is 8.42 Å². The molecule has 3 N–H and O–H groups in total. The molecule has 0 heterocycles. The van der Waals surface area contributed by atoms with E-state index in [1.165, 1.54) is 36.4 Å². The molecule has 152 valence electrons. The Kier molecular flexibility index (Phi) is 5.98. The summed E-state index contributed by atoms with van der Waals surface area (Å²) in [5.74, 6) is -1.12. The van der Waals surface area contributed by atoms with Crippen LogP contribution in [0.1, 0.15) is 16.7 Å². The van der Waals surface area contributed by atoms with Crippen molar-refractivity contribution in [1.29, 1.82) is 0 Å². The van der Waals surface area contributed by atoms with Gasteiger partial charge in [0.25, 0.3) is 10.1 Å². The monoisotopic (exact) mass is 492 g/mol. The molecule has 0 saturated heterocycles. The standard InChI is InChI=1S/C19H12Cl4O5S/c20-11-8-14(22)18(15(23)9-11)19(29(26,27)28,12-3-1-2-4-13(12)21)10-5-6-16(24)17(25)7-10/h1-9,24-25H,(H,26,27,28). The van der Waals surface area contributed by atoms with Gasteiger partial charge in [-0.05, 0) is 35.9 Å². The Morgan fingerprint density at radius 3 is 1.86 bits per heavy atom. The average Bonchev–Trinajstić information content (AvgIpc) is 2.60. The van der Waals surface area contributed by atoms with Crippen LogP contribution in [0.5, 0.6) is 11.5 Å². The van der Waals surface area contributed by atoms with Gasteiger partial charge in [-0.25, -0.2) is 0 Å². The second-order valence-electron chi connectivity index (χ2n) is 6.08. The molecule has 0 radical (unpaired) electrons. The summed E-state index contributed by atoms with van der Waals surface area (Å²) >= 11 is 25.0. The summed E-state index contributed by atoms with van der Waals surface area (Å²) in [5, 5.41) is 19.5. The van der Waals surface area contributed by atoms with Crippen molar-refractivity contribution >= 4 is 56.5 Å². The molecule has 1 atom stereocenters. The van der Waals surface area contributed by atoms with E-state index < -0.39 is 26.4 Å². The van der Waals surface area contributed by atoms with Gasteiger partial charge < -0.3 is 10.2 Å². The predicted molar refractivity (Wildman–Crippen MR) is 114 cm³/mol. The SMILES string of the molecule is O=S(=O)(O)C(c1ccc(O)c(O)c1)(c1ccccc1Cl)c1c(Cl)cc(Cl)cc1Cl. The number of rotatable bonds is 4. The summed E-state index contributed by atoms with van der Waals surface area (Å²) in [4.78, 5) is 0. The first-order valence-electron chi connectivity index (χ1n) is 7.89. The number of benzene rings is 3. The van der Waals surface area contributed by atoms with Crippen LogP contribution in [0.25, 0.3) is 0 Å². The molecule has 3 aromatic carbocycles. The lowest BCUT2D eigenvalue weighted by atomic mass is 9.83.